The van der Waals surface area contributed by atoms with Crippen molar-refractivity contribution in [2.45, 2.75) is 58.0 Å². The molecule has 1 aliphatic rings. The van der Waals surface area contributed by atoms with Gasteiger partial charge in [-0.1, -0.05) is 42.3 Å². The molecule has 5 heteroatoms. The highest BCUT2D eigenvalue weighted by molar-refractivity contribution is 6.36. The van der Waals surface area contributed by atoms with Crippen LogP contribution < -0.4 is 4.74 Å². The molecule has 1 saturated carbocycles. The van der Waals surface area contributed by atoms with Crippen LogP contribution in [0.4, 0.5) is 0 Å². The van der Waals surface area contributed by atoms with Crippen LogP contribution in [0.2, 0.25) is 10.0 Å². The van der Waals surface area contributed by atoms with Crippen molar-refractivity contribution in [1.82, 2.24) is 4.98 Å². The number of hydrogen-bond donors (Lipinski definition) is 0. The van der Waals surface area contributed by atoms with Gasteiger partial charge in [-0.25, -0.2) is 0 Å². The molecule has 0 spiro atoms. The van der Waals surface area contributed by atoms with Crippen molar-refractivity contribution in [3.63, 3.8) is 0 Å². The zero-order chi connectivity index (χ0) is 18.5. The van der Waals surface area contributed by atoms with E-state index >= 15 is 0 Å². The fraction of sp³-hybridized carbons (Fsp3) is 0.429. The maximum atomic E-state index is 12.5. The summed E-state index contributed by atoms with van der Waals surface area (Å²) in [4.78, 5) is 16.4. The lowest BCUT2D eigenvalue weighted by atomic mass is 10.0. The number of hydrogen-bond acceptors (Lipinski definition) is 3. The Morgan fingerprint density at radius 2 is 1.85 bits per heavy atom. The first kappa shape index (κ1) is 19.2. The highest BCUT2D eigenvalue weighted by atomic mass is 35.5. The number of benzene rings is 1. The number of aryl methyl sites for hydroxylation is 1. The van der Waals surface area contributed by atoms with Gasteiger partial charge in [-0.15, -0.1) is 0 Å². The summed E-state index contributed by atoms with van der Waals surface area (Å²) in [6.07, 6.45) is 9.49. The smallest absolute Gasteiger partial charge is 0.141 e. The summed E-state index contributed by atoms with van der Waals surface area (Å²) >= 11 is 12.2. The first-order valence-corrected chi connectivity index (χ1v) is 9.90. The van der Waals surface area contributed by atoms with Crippen molar-refractivity contribution >= 4 is 29.0 Å². The van der Waals surface area contributed by atoms with E-state index in [1.54, 1.807) is 0 Å². The summed E-state index contributed by atoms with van der Waals surface area (Å²) in [5.74, 6) is 0.987. The summed E-state index contributed by atoms with van der Waals surface area (Å²) in [6, 6.07) is 6.10. The molecule has 1 aromatic carbocycles. The summed E-state index contributed by atoms with van der Waals surface area (Å²) in [6.45, 7) is 2.12. The minimum absolute atomic E-state index is 0.0658. The van der Waals surface area contributed by atoms with Gasteiger partial charge in [-0.05, 0) is 54.9 Å². The van der Waals surface area contributed by atoms with Crippen molar-refractivity contribution in [2.75, 3.05) is 0 Å². The normalized spacial score (nSPS) is 14.6. The third-order valence-corrected chi connectivity index (χ3v) is 5.49. The van der Waals surface area contributed by atoms with Gasteiger partial charge in [0.15, 0.2) is 0 Å². The quantitative estimate of drug-likeness (QED) is 0.613. The maximum Gasteiger partial charge on any atom is 0.141 e. The van der Waals surface area contributed by atoms with Gasteiger partial charge < -0.3 is 4.74 Å². The molecule has 26 heavy (non-hydrogen) atoms. The lowest BCUT2D eigenvalue weighted by Gasteiger charge is -2.17. The average molecular weight is 392 g/mol. The van der Waals surface area contributed by atoms with Crippen LogP contribution in [0.5, 0.6) is 5.75 Å². The van der Waals surface area contributed by atoms with Crippen LogP contribution in [-0.2, 0) is 24.1 Å². The van der Waals surface area contributed by atoms with Gasteiger partial charge in [0.25, 0.3) is 0 Å². The van der Waals surface area contributed by atoms with Crippen molar-refractivity contribution in [3.8, 4) is 5.75 Å². The number of ketones is 1. The predicted octanol–water partition coefficient (Wildman–Crippen LogP) is 5.63. The molecule has 1 fully saturated rings. The zero-order valence-electron chi connectivity index (χ0n) is 14.9. The average Bonchev–Trinajstić information content (AvgIpc) is 3.12. The Hall–Kier alpha value is -1.58. The maximum absolute atomic E-state index is 12.5. The summed E-state index contributed by atoms with van der Waals surface area (Å²) in [5, 5.41) is 0.856. The van der Waals surface area contributed by atoms with Crippen molar-refractivity contribution in [2.24, 2.45) is 0 Å². The Labute approximate surface area is 164 Å². The molecule has 1 aliphatic carbocycles. The number of Topliss-reactive ketones (excluding diaryl/α,β-unsaturated/α-hetero) is 1. The second kappa shape index (κ2) is 8.88. The van der Waals surface area contributed by atoms with Gasteiger partial charge in [0.2, 0.25) is 0 Å². The van der Waals surface area contributed by atoms with E-state index < -0.39 is 0 Å². The standard InChI is InChI=1S/C21H23Cl2NO2/c1-2-15-8-7-14(10-21(15)26-17-5-3-4-6-17)9-16(25)11-18-19(22)12-24-13-20(18)23/h7-8,10,12-13,17H,2-6,9,11H2,1H3. The number of pyridine rings is 1. The molecule has 0 bridgehead atoms. The van der Waals surface area contributed by atoms with Crippen molar-refractivity contribution < 1.29 is 9.53 Å². The molecule has 0 aliphatic heterocycles. The van der Waals surface area contributed by atoms with Gasteiger partial charge in [-0.2, -0.15) is 0 Å². The number of carbonyl (C=O) groups excluding carboxylic acids is 1. The third kappa shape index (κ3) is 4.77. The second-order valence-corrected chi connectivity index (χ2v) is 7.61. The van der Waals surface area contributed by atoms with Gasteiger partial charge in [-0.3, -0.25) is 9.78 Å². The molecule has 0 radical (unpaired) electrons. The van der Waals surface area contributed by atoms with E-state index in [9.17, 15) is 4.79 Å². The van der Waals surface area contributed by atoms with E-state index in [1.807, 2.05) is 12.1 Å². The van der Waals surface area contributed by atoms with E-state index in [1.165, 1.54) is 30.8 Å². The van der Waals surface area contributed by atoms with E-state index in [2.05, 4.69) is 18.0 Å². The summed E-state index contributed by atoms with van der Waals surface area (Å²) in [5.41, 5.74) is 2.79. The van der Waals surface area contributed by atoms with Gasteiger partial charge in [0.1, 0.15) is 11.5 Å². The molecule has 0 amide bonds. The van der Waals surface area contributed by atoms with Crippen molar-refractivity contribution in [3.05, 3.63) is 57.3 Å². The van der Waals surface area contributed by atoms with E-state index in [4.69, 9.17) is 27.9 Å². The van der Waals surface area contributed by atoms with E-state index in [0.29, 0.717) is 28.1 Å². The highest BCUT2D eigenvalue weighted by Gasteiger charge is 2.18. The van der Waals surface area contributed by atoms with Gasteiger partial charge in [0.05, 0.1) is 16.1 Å². The number of rotatable bonds is 7. The predicted molar refractivity (Wildman–Crippen MR) is 105 cm³/mol. The second-order valence-electron chi connectivity index (χ2n) is 6.79. The minimum atomic E-state index is 0.0658. The molecule has 1 heterocycles. The van der Waals surface area contributed by atoms with Crippen LogP contribution in [-0.4, -0.2) is 16.9 Å². The molecule has 1 aromatic heterocycles. The Morgan fingerprint density at radius 1 is 1.15 bits per heavy atom. The number of nitrogens with zero attached hydrogens (tertiary/aromatic N) is 1. The number of ether oxygens (including phenoxy) is 1. The fourth-order valence-corrected chi connectivity index (χ4v) is 3.89. The SMILES string of the molecule is CCc1ccc(CC(=O)Cc2c(Cl)cncc2Cl)cc1OC1CCCC1. The molecular formula is C21H23Cl2NO2. The van der Waals surface area contributed by atoms with Crippen LogP contribution in [0.1, 0.15) is 49.3 Å². The minimum Gasteiger partial charge on any atom is -0.490 e. The Bertz CT molecular complexity index is 765. The molecular weight excluding hydrogens is 369 g/mol. The lowest BCUT2D eigenvalue weighted by Crippen LogP contribution is -2.13. The van der Waals surface area contributed by atoms with E-state index in [0.717, 1.165) is 30.6 Å². The summed E-state index contributed by atoms with van der Waals surface area (Å²) < 4.78 is 6.21. The highest BCUT2D eigenvalue weighted by Crippen LogP contribution is 2.29. The number of halogens is 2. The zero-order valence-corrected chi connectivity index (χ0v) is 16.4. The van der Waals surface area contributed by atoms with Gasteiger partial charge in [0, 0.05) is 25.2 Å². The molecule has 0 saturated heterocycles. The summed E-state index contributed by atoms with van der Waals surface area (Å²) in [7, 11) is 0. The van der Waals surface area contributed by atoms with Crippen LogP contribution in [0.3, 0.4) is 0 Å². The molecule has 3 nitrogen and oxygen atoms in total. The largest absolute Gasteiger partial charge is 0.490 e. The van der Waals surface area contributed by atoms with Crippen LogP contribution in [0.25, 0.3) is 0 Å². The number of aromatic nitrogens is 1. The first-order chi connectivity index (χ1) is 12.6. The molecule has 2 aromatic rings. The first-order valence-electron chi connectivity index (χ1n) is 9.15. The Balaban J connectivity index is 1.71. The van der Waals surface area contributed by atoms with Crippen LogP contribution >= 0.6 is 23.2 Å². The Kier molecular flexibility index (Phi) is 6.55. The fourth-order valence-electron chi connectivity index (χ4n) is 3.39. The van der Waals surface area contributed by atoms with Gasteiger partial charge >= 0.3 is 0 Å². The lowest BCUT2D eigenvalue weighted by molar-refractivity contribution is -0.117. The van der Waals surface area contributed by atoms with Crippen LogP contribution in [0, 0.1) is 0 Å². The molecule has 3 rings (SSSR count). The Morgan fingerprint density at radius 3 is 2.50 bits per heavy atom. The molecule has 0 unspecified atom stereocenters. The number of carbonyl (C=O) groups is 1. The topological polar surface area (TPSA) is 39.2 Å². The third-order valence-electron chi connectivity index (χ3n) is 4.84. The van der Waals surface area contributed by atoms with Crippen LogP contribution in [0.15, 0.2) is 30.6 Å². The molecule has 0 atom stereocenters. The van der Waals surface area contributed by atoms with Crippen molar-refractivity contribution in [1.29, 1.82) is 0 Å². The monoisotopic (exact) mass is 391 g/mol. The van der Waals surface area contributed by atoms with E-state index in [-0.39, 0.29) is 12.2 Å². The molecule has 138 valence electrons. The molecule has 0 N–H and O–H groups in total.